The number of rotatable bonds is 2. The summed E-state index contributed by atoms with van der Waals surface area (Å²) in [5.74, 6) is 1.23. The summed E-state index contributed by atoms with van der Waals surface area (Å²) in [4.78, 5) is 24.2. The Morgan fingerprint density at radius 2 is 1.92 bits per heavy atom. The van der Waals surface area contributed by atoms with Crippen LogP contribution in [0.3, 0.4) is 0 Å². The zero-order valence-corrected chi connectivity index (χ0v) is 14.9. The van der Waals surface area contributed by atoms with Crippen molar-refractivity contribution < 1.29 is 19.1 Å². The molecule has 4 nitrogen and oxygen atoms in total. The molecule has 1 aromatic carbocycles. The van der Waals surface area contributed by atoms with Crippen molar-refractivity contribution in [1.82, 2.24) is 0 Å². The van der Waals surface area contributed by atoms with E-state index in [1.807, 2.05) is 26.0 Å². The number of carbonyl (C=O) groups excluding carboxylic acids is 2. The number of esters is 1. The molecule has 0 amide bonds. The first kappa shape index (κ1) is 16.1. The van der Waals surface area contributed by atoms with E-state index in [2.05, 4.69) is 6.92 Å². The van der Waals surface area contributed by atoms with E-state index in [0.29, 0.717) is 25.0 Å². The quantitative estimate of drug-likeness (QED) is 0.603. The number of benzene rings is 1. The molecule has 2 heterocycles. The van der Waals surface area contributed by atoms with Gasteiger partial charge in [0.05, 0.1) is 12.0 Å². The Kier molecular flexibility index (Phi) is 3.60. The Hall–Kier alpha value is -2.36. The first-order valence-corrected chi connectivity index (χ1v) is 8.94. The summed E-state index contributed by atoms with van der Waals surface area (Å²) in [5, 5.41) is 0. The summed E-state index contributed by atoms with van der Waals surface area (Å²) < 4.78 is 11.9. The van der Waals surface area contributed by atoms with Crippen LogP contribution in [0.1, 0.15) is 62.3 Å². The van der Waals surface area contributed by atoms with Crippen LogP contribution in [0, 0.1) is 0 Å². The smallest absolute Gasteiger partial charge is 0.311 e. The van der Waals surface area contributed by atoms with Crippen LogP contribution in [0.2, 0.25) is 0 Å². The van der Waals surface area contributed by atoms with E-state index >= 15 is 0 Å². The largest absolute Gasteiger partial charge is 0.482 e. The predicted octanol–water partition coefficient (Wildman–Crippen LogP) is 4.03. The van der Waals surface area contributed by atoms with Gasteiger partial charge in [0.15, 0.2) is 5.78 Å². The van der Waals surface area contributed by atoms with Gasteiger partial charge in [0, 0.05) is 17.5 Å². The number of allylic oxidation sites excluding steroid dienone is 2. The molecule has 0 radical (unpaired) electrons. The minimum absolute atomic E-state index is 0.112. The number of ketones is 1. The van der Waals surface area contributed by atoms with Gasteiger partial charge in [-0.3, -0.25) is 9.59 Å². The fourth-order valence-electron chi connectivity index (χ4n) is 3.93. The highest BCUT2D eigenvalue weighted by molar-refractivity contribution is 6.04. The van der Waals surface area contributed by atoms with Crippen LogP contribution in [0.25, 0.3) is 11.6 Å². The molecule has 0 unspecified atom stereocenters. The first-order chi connectivity index (χ1) is 11.9. The number of hydrogen-bond acceptors (Lipinski definition) is 4. The second kappa shape index (κ2) is 5.58. The van der Waals surface area contributed by atoms with Gasteiger partial charge in [-0.05, 0) is 56.1 Å². The van der Waals surface area contributed by atoms with Crippen molar-refractivity contribution in [3.63, 3.8) is 0 Å². The summed E-state index contributed by atoms with van der Waals surface area (Å²) in [6, 6.07) is 0. The molecule has 1 aromatic rings. The molecule has 3 aliphatic rings. The van der Waals surface area contributed by atoms with Crippen molar-refractivity contribution in [2.24, 2.45) is 0 Å². The van der Waals surface area contributed by atoms with Gasteiger partial charge in [-0.25, -0.2) is 0 Å². The topological polar surface area (TPSA) is 52.6 Å². The average molecular weight is 338 g/mol. The lowest BCUT2D eigenvalue weighted by Gasteiger charge is -2.35. The summed E-state index contributed by atoms with van der Waals surface area (Å²) in [6.45, 7) is 6.11. The maximum absolute atomic E-state index is 12.3. The number of fused-ring (bicyclic) bond motifs is 6. The van der Waals surface area contributed by atoms with Crippen LogP contribution < -0.4 is 9.47 Å². The summed E-state index contributed by atoms with van der Waals surface area (Å²) in [6.07, 6.45) is 8.86. The first-order valence-electron chi connectivity index (χ1n) is 8.94. The molecule has 0 atom stereocenters. The predicted molar refractivity (Wildman–Crippen MR) is 95.7 cm³/mol. The van der Waals surface area contributed by atoms with E-state index in [1.54, 1.807) is 6.08 Å². The minimum atomic E-state index is -0.438. The summed E-state index contributed by atoms with van der Waals surface area (Å²) in [7, 11) is 0. The van der Waals surface area contributed by atoms with Gasteiger partial charge in [-0.1, -0.05) is 13.3 Å². The molecular formula is C21H22O4. The zero-order valence-electron chi connectivity index (χ0n) is 14.9. The molecule has 0 saturated heterocycles. The Balaban J connectivity index is 2.03. The lowest BCUT2D eigenvalue weighted by Crippen LogP contribution is -2.30. The minimum Gasteiger partial charge on any atom is -0.482 e. The monoisotopic (exact) mass is 338 g/mol. The van der Waals surface area contributed by atoms with Gasteiger partial charge in [0.2, 0.25) is 0 Å². The van der Waals surface area contributed by atoms with E-state index in [0.717, 1.165) is 46.4 Å². The van der Waals surface area contributed by atoms with Gasteiger partial charge in [0.1, 0.15) is 17.1 Å². The molecule has 0 bridgehead atoms. The third-order valence-electron chi connectivity index (χ3n) is 4.99. The van der Waals surface area contributed by atoms with Crippen molar-refractivity contribution in [1.29, 1.82) is 0 Å². The fourth-order valence-corrected chi connectivity index (χ4v) is 3.93. The molecule has 0 N–H and O–H groups in total. The van der Waals surface area contributed by atoms with E-state index in [1.165, 1.54) is 0 Å². The SMILES string of the molecule is CCCC1=CC(=O)Cc2c3c(c4c(c21)OC(C)(C)C=C4)OC(=O)CC3. The molecule has 2 aliphatic heterocycles. The van der Waals surface area contributed by atoms with Crippen LogP contribution in [-0.2, 0) is 22.4 Å². The van der Waals surface area contributed by atoms with E-state index in [4.69, 9.17) is 9.47 Å². The Labute approximate surface area is 147 Å². The molecular weight excluding hydrogens is 316 g/mol. The van der Waals surface area contributed by atoms with Gasteiger partial charge in [0.25, 0.3) is 0 Å². The van der Waals surface area contributed by atoms with E-state index in [-0.39, 0.29) is 11.8 Å². The van der Waals surface area contributed by atoms with Crippen LogP contribution in [0.4, 0.5) is 0 Å². The van der Waals surface area contributed by atoms with Crippen molar-refractivity contribution >= 4 is 23.4 Å². The fraction of sp³-hybridized carbons (Fsp3) is 0.429. The number of ether oxygens (including phenoxy) is 2. The molecule has 1 aliphatic carbocycles. The van der Waals surface area contributed by atoms with Crippen LogP contribution in [0.15, 0.2) is 12.2 Å². The molecule has 0 fully saturated rings. The van der Waals surface area contributed by atoms with E-state index < -0.39 is 5.60 Å². The highest BCUT2D eigenvalue weighted by Gasteiger charge is 2.36. The highest BCUT2D eigenvalue weighted by Crippen LogP contribution is 2.50. The maximum atomic E-state index is 12.3. The Bertz CT molecular complexity index is 855. The lowest BCUT2D eigenvalue weighted by atomic mass is 9.80. The molecule has 0 saturated carbocycles. The third-order valence-corrected chi connectivity index (χ3v) is 4.99. The van der Waals surface area contributed by atoms with Crippen molar-refractivity contribution in [2.75, 3.05) is 0 Å². The van der Waals surface area contributed by atoms with Gasteiger partial charge < -0.3 is 9.47 Å². The molecule has 4 heteroatoms. The van der Waals surface area contributed by atoms with Crippen molar-refractivity contribution in [3.05, 3.63) is 34.4 Å². The van der Waals surface area contributed by atoms with Gasteiger partial charge in [-0.15, -0.1) is 0 Å². The maximum Gasteiger partial charge on any atom is 0.311 e. The second-order valence-electron chi connectivity index (χ2n) is 7.48. The average Bonchev–Trinajstić information content (AvgIpc) is 2.53. The molecule has 0 aromatic heterocycles. The van der Waals surface area contributed by atoms with Gasteiger partial charge >= 0.3 is 5.97 Å². The third kappa shape index (κ3) is 2.60. The van der Waals surface area contributed by atoms with Crippen molar-refractivity contribution in [3.8, 4) is 11.5 Å². The molecule has 4 rings (SSSR count). The lowest BCUT2D eigenvalue weighted by molar-refractivity contribution is -0.135. The van der Waals surface area contributed by atoms with Crippen LogP contribution >= 0.6 is 0 Å². The molecule has 25 heavy (non-hydrogen) atoms. The zero-order chi connectivity index (χ0) is 17.8. The summed E-state index contributed by atoms with van der Waals surface area (Å²) >= 11 is 0. The van der Waals surface area contributed by atoms with Crippen molar-refractivity contribution in [2.45, 2.75) is 58.5 Å². The number of hydrogen-bond donors (Lipinski definition) is 0. The van der Waals surface area contributed by atoms with Crippen LogP contribution in [-0.4, -0.2) is 17.4 Å². The highest BCUT2D eigenvalue weighted by atomic mass is 16.5. The second-order valence-corrected chi connectivity index (χ2v) is 7.48. The van der Waals surface area contributed by atoms with Gasteiger partial charge in [-0.2, -0.15) is 0 Å². The number of carbonyl (C=O) groups is 2. The standard InChI is InChI=1S/C21H22O4/c1-4-5-12-10-13(22)11-16-14-6-7-17(23)24-19(14)15-8-9-21(2,3)25-20(15)18(12)16/h8-10H,4-7,11H2,1-3H3. The summed E-state index contributed by atoms with van der Waals surface area (Å²) in [5.41, 5.74) is 4.46. The Morgan fingerprint density at radius 1 is 1.12 bits per heavy atom. The van der Waals surface area contributed by atoms with Crippen LogP contribution in [0.5, 0.6) is 11.5 Å². The molecule has 130 valence electrons. The Morgan fingerprint density at radius 3 is 2.68 bits per heavy atom. The normalized spacial score (nSPS) is 20.0. The molecule has 0 spiro atoms. The van der Waals surface area contributed by atoms with E-state index in [9.17, 15) is 9.59 Å².